The van der Waals surface area contributed by atoms with E-state index in [0.29, 0.717) is 12.2 Å². The molecule has 1 aromatic carbocycles. The van der Waals surface area contributed by atoms with E-state index in [1.807, 2.05) is 6.07 Å². The summed E-state index contributed by atoms with van der Waals surface area (Å²) in [5.74, 6) is -1.51. The minimum atomic E-state index is -0.948. The SMILES string of the molecule is CC(C(=O)O)C(C)C(=O)c1ccc2c(c1)C(C)(C)CO2. The topological polar surface area (TPSA) is 63.6 Å². The number of benzene rings is 1. The third-order valence-electron chi connectivity index (χ3n) is 4.13. The molecule has 2 atom stereocenters. The predicted molar refractivity (Wildman–Crippen MR) is 75.3 cm³/mol. The van der Waals surface area contributed by atoms with Crippen LogP contribution in [-0.2, 0) is 10.2 Å². The van der Waals surface area contributed by atoms with E-state index in [9.17, 15) is 9.59 Å². The number of fused-ring (bicyclic) bond motifs is 1. The first-order chi connectivity index (χ1) is 9.24. The van der Waals surface area contributed by atoms with Gasteiger partial charge in [-0.2, -0.15) is 0 Å². The molecule has 1 heterocycles. The van der Waals surface area contributed by atoms with Gasteiger partial charge in [-0.1, -0.05) is 27.7 Å². The summed E-state index contributed by atoms with van der Waals surface area (Å²) in [5.41, 5.74) is 1.45. The zero-order valence-corrected chi connectivity index (χ0v) is 12.3. The second-order valence-corrected chi connectivity index (χ2v) is 6.16. The molecular weight excluding hydrogens is 256 g/mol. The van der Waals surface area contributed by atoms with Gasteiger partial charge in [-0.25, -0.2) is 0 Å². The Bertz CT molecular complexity index is 560. The molecule has 2 unspecified atom stereocenters. The molecule has 0 saturated heterocycles. The summed E-state index contributed by atoms with van der Waals surface area (Å²) in [6.45, 7) is 7.95. The Balaban J connectivity index is 2.31. The largest absolute Gasteiger partial charge is 0.492 e. The minimum absolute atomic E-state index is 0.118. The molecule has 0 spiro atoms. The van der Waals surface area contributed by atoms with Crippen molar-refractivity contribution in [1.82, 2.24) is 0 Å². The van der Waals surface area contributed by atoms with E-state index in [-0.39, 0.29) is 11.2 Å². The van der Waals surface area contributed by atoms with Crippen molar-refractivity contribution in [2.45, 2.75) is 33.1 Å². The van der Waals surface area contributed by atoms with Crippen molar-refractivity contribution < 1.29 is 19.4 Å². The fourth-order valence-corrected chi connectivity index (χ4v) is 2.38. The summed E-state index contributed by atoms with van der Waals surface area (Å²) in [4.78, 5) is 23.4. The van der Waals surface area contributed by atoms with Gasteiger partial charge in [0.2, 0.25) is 0 Å². The molecule has 0 radical (unpaired) electrons. The highest BCUT2D eigenvalue weighted by Gasteiger charge is 2.33. The maximum Gasteiger partial charge on any atom is 0.306 e. The van der Waals surface area contributed by atoms with Gasteiger partial charge in [0.1, 0.15) is 5.75 Å². The monoisotopic (exact) mass is 276 g/mol. The van der Waals surface area contributed by atoms with Crippen molar-refractivity contribution >= 4 is 11.8 Å². The van der Waals surface area contributed by atoms with Crippen LogP contribution in [0.2, 0.25) is 0 Å². The molecule has 1 aliphatic rings. The Kier molecular flexibility index (Phi) is 3.59. The molecule has 0 saturated carbocycles. The molecule has 108 valence electrons. The Morgan fingerprint density at radius 1 is 1.25 bits per heavy atom. The highest BCUT2D eigenvalue weighted by molar-refractivity contribution is 6.00. The zero-order chi connectivity index (χ0) is 15.1. The van der Waals surface area contributed by atoms with Gasteiger partial charge in [-0.3, -0.25) is 9.59 Å². The van der Waals surface area contributed by atoms with Crippen molar-refractivity contribution in [2.75, 3.05) is 6.61 Å². The number of ketones is 1. The molecule has 1 aliphatic heterocycles. The predicted octanol–water partition coefficient (Wildman–Crippen LogP) is 2.90. The second-order valence-electron chi connectivity index (χ2n) is 6.16. The molecule has 4 heteroatoms. The van der Waals surface area contributed by atoms with Crippen LogP contribution in [0, 0.1) is 11.8 Å². The number of Topliss-reactive ketones (excluding diaryl/α,β-unsaturated/α-hetero) is 1. The summed E-state index contributed by atoms with van der Waals surface area (Å²) in [7, 11) is 0. The van der Waals surface area contributed by atoms with Crippen LogP contribution in [0.4, 0.5) is 0 Å². The van der Waals surface area contributed by atoms with Crippen molar-refractivity contribution in [1.29, 1.82) is 0 Å². The van der Waals surface area contributed by atoms with E-state index in [1.54, 1.807) is 26.0 Å². The number of carbonyl (C=O) groups excluding carboxylic acids is 1. The summed E-state index contributed by atoms with van der Waals surface area (Å²) in [6, 6.07) is 5.36. The van der Waals surface area contributed by atoms with E-state index in [2.05, 4.69) is 13.8 Å². The van der Waals surface area contributed by atoms with Crippen LogP contribution >= 0.6 is 0 Å². The standard InChI is InChI=1S/C16H20O4/c1-9(10(2)15(18)19)14(17)11-5-6-13-12(7-11)16(3,4)8-20-13/h5-7,9-10H,8H2,1-4H3,(H,18,19). The van der Waals surface area contributed by atoms with Gasteiger partial charge in [0.25, 0.3) is 0 Å². The number of carboxylic acid groups (broad SMARTS) is 1. The molecule has 0 aromatic heterocycles. The Hall–Kier alpha value is -1.84. The van der Waals surface area contributed by atoms with Crippen molar-refractivity contribution in [3.05, 3.63) is 29.3 Å². The van der Waals surface area contributed by atoms with Crippen LogP contribution in [-0.4, -0.2) is 23.5 Å². The number of rotatable bonds is 4. The molecule has 20 heavy (non-hydrogen) atoms. The number of aliphatic carboxylic acids is 1. The summed E-state index contributed by atoms with van der Waals surface area (Å²) in [5, 5.41) is 9.01. The van der Waals surface area contributed by atoms with Crippen LogP contribution in [0.15, 0.2) is 18.2 Å². The van der Waals surface area contributed by atoms with Crippen molar-refractivity contribution in [3.63, 3.8) is 0 Å². The van der Waals surface area contributed by atoms with Crippen LogP contribution in [0.1, 0.15) is 43.6 Å². The van der Waals surface area contributed by atoms with Crippen LogP contribution in [0.25, 0.3) is 0 Å². The van der Waals surface area contributed by atoms with Gasteiger partial charge in [0, 0.05) is 22.5 Å². The van der Waals surface area contributed by atoms with Gasteiger partial charge in [-0.05, 0) is 18.2 Å². The van der Waals surface area contributed by atoms with Gasteiger partial charge in [-0.15, -0.1) is 0 Å². The lowest BCUT2D eigenvalue weighted by Crippen LogP contribution is -2.25. The Morgan fingerprint density at radius 2 is 1.90 bits per heavy atom. The van der Waals surface area contributed by atoms with Crippen molar-refractivity contribution in [3.8, 4) is 5.75 Å². The fourth-order valence-electron chi connectivity index (χ4n) is 2.38. The van der Waals surface area contributed by atoms with Crippen LogP contribution in [0.3, 0.4) is 0 Å². The average molecular weight is 276 g/mol. The van der Waals surface area contributed by atoms with E-state index >= 15 is 0 Å². The molecule has 1 aromatic rings. The normalized spacial score (nSPS) is 18.8. The lowest BCUT2D eigenvalue weighted by Gasteiger charge is -2.18. The first-order valence-corrected chi connectivity index (χ1v) is 6.78. The summed E-state index contributed by atoms with van der Waals surface area (Å²) >= 11 is 0. The second kappa shape index (κ2) is 4.93. The third-order valence-corrected chi connectivity index (χ3v) is 4.13. The molecule has 4 nitrogen and oxygen atoms in total. The first kappa shape index (κ1) is 14.6. The van der Waals surface area contributed by atoms with Gasteiger partial charge >= 0.3 is 5.97 Å². The van der Waals surface area contributed by atoms with Crippen molar-refractivity contribution in [2.24, 2.45) is 11.8 Å². The molecule has 0 aliphatic carbocycles. The number of carbonyl (C=O) groups is 2. The quantitative estimate of drug-likeness (QED) is 0.859. The van der Waals surface area contributed by atoms with Crippen LogP contribution in [0.5, 0.6) is 5.75 Å². The lowest BCUT2D eigenvalue weighted by molar-refractivity contribution is -0.142. The van der Waals surface area contributed by atoms with Crippen LogP contribution < -0.4 is 4.74 Å². The summed E-state index contributed by atoms with van der Waals surface area (Å²) in [6.07, 6.45) is 0. The fraction of sp³-hybridized carbons (Fsp3) is 0.500. The highest BCUT2D eigenvalue weighted by Crippen LogP contribution is 2.39. The Morgan fingerprint density at radius 3 is 2.50 bits per heavy atom. The van der Waals surface area contributed by atoms with E-state index < -0.39 is 17.8 Å². The average Bonchev–Trinajstić information content (AvgIpc) is 2.71. The lowest BCUT2D eigenvalue weighted by atomic mass is 9.83. The van der Waals surface area contributed by atoms with Gasteiger partial charge in [0.05, 0.1) is 12.5 Å². The van der Waals surface area contributed by atoms with Gasteiger partial charge in [0.15, 0.2) is 5.78 Å². The molecule has 0 fully saturated rings. The van der Waals surface area contributed by atoms with E-state index in [4.69, 9.17) is 9.84 Å². The maximum atomic E-state index is 12.4. The third kappa shape index (κ3) is 2.42. The molecular formula is C16H20O4. The van der Waals surface area contributed by atoms with E-state index in [0.717, 1.165) is 11.3 Å². The smallest absolute Gasteiger partial charge is 0.306 e. The maximum absolute atomic E-state index is 12.4. The number of hydrogen-bond donors (Lipinski definition) is 1. The first-order valence-electron chi connectivity index (χ1n) is 6.78. The minimum Gasteiger partial charge on any atom is -0.492 e. The van der Waals surface area contributed by atoms with Gasteiger partial charge < -0.3 is 9.84 Å². The molecule has 1 N–H and O–H groups in total. The molecule has 0 amide bonds. The molecule has 2 rings (SSSR count). The highest BCUT2D eigenvalue weighted by atomic mass is 16.5. The molecule has 0 bridgehead atoms. The van der Waals surface area contributed by atoms with E-state index in [1.165, 1.54) is 0 Å². The Labute approximate surface area is 118 Å². The number of hydrogen-bond acceptors (Lipinski definition) is 3. The number of carboxylic acids is 1. The number of ether oxygens (including phenoxy) is 1. The zero-order valence-electron chi connectivity index (χ0n) is 12.3. The summed E-state index contributed by atoms with van der Waals surface area (Å²) < 4.78 is 5.59.